The molecular weight excluding hydrogens is 188 g/mol. The highest BCUT2D eigenvalue weighted by Gasteiger charge is 2.32. The Kier molecular flexibility index (Phi) is 3.10. The Balaban J connectivity index is 3.10. The zero-order valence-corrected chi connectivity index (χ0v) is 7.34. The zero-order valence-electron chi connectivity index (χ0n) is 7.34. The molecule has 0 aromatic rings. The Morgan fingerprint density at radius 2 is 2.29 bits per heavy atom. The number of rotatable bonds is 3. The number of carbonyl (C=O) groups excluding carboxylic acids is 1. The minimum absolute atomic E-state index is 0.0886. The van der Waals surface area contributed by atoms with Gasteiger partial charge in [0.25, 0.3) is 5.78 Å². The van der Waals surface area contributed by atoms with Crippen molar-refractivity contribution in [2.75, 3.05) is 6.61 Å². The summed E-state index contributed by atoms with van der Waals surface area (Å²) in [6.07, 6.45) is 2.89. The summed E-state index contributed by atoms with van der Waals surface area (Å²) >= 11 is 0. The molecule has 0 aliphatic heterocycles. The molecule has 1 aliphatic carbocycles. The van der Waals surface area contributed by atoms with Crippen molar-refractivity contribution in [3.63, 3.8) is 0 Å². The molecule has 0 fully saturated rings. The Morgan fingerprint density at radius 1 is 1.64 bits per heavy atom. The second kappa shape index (κ2) is 4.12. The van der Waals surface area contributed by atoms with Crippen molar-refractivity contribution < 1.29 is 14.8 Å². The number of nitrogens with two attached hydrogens (primary N) is 1. The molecule has 6 nitrogen and oxygen atoms in total. The van der Waals surface area contributed by atoms with Crippen molar-refractivity contribution in [2.24, 2.45) is 5.73 Å². The van der Waals surface area contributed by atoms with E-state index in [1.807, 2.05) is 0 Å². The van der Waals surface area contributed by atoms with Crippen molar-refractivity contribution >= 4 is 5.78 Å². The molecular formula is C8H10N2O4. The van der Waals surface area contributed by atoms with Crippen molar-refractivity contribution in [3.8, 4) is 0 Å². The molecule has 1 aliphatic rings. The van der Waals surface area contributed by atoms with Gasteiger partial charge in [-0.2, -0.15) is 0 Å². The van der Waals surface area contributed by atoms with E-state index in [2.05, 4.69) is 0 Å². The molecule has 0 bridgehead atoms. The molecule has 0 saturated carbocycles. The minimum atomic E-state index is -0.946. The molecule has 1 unspecified atom stereocenters. The van der Waals surface area contributed by atoms with E-state index in [1.54, 1.807) is 0 Å². The summed E-state index contributed by atoms with van der Waals surface area (Å²) in [6.45, 7) is -0.237. The second-order valence-corrected chi connectivity index (χ2v) is 2.85. The maximum Gasteiger partial charge on any atom is 0.317 e. The average molecular weight is 198 g/mol. The number of aliphatic hydroxyl groups is 1. The highest BCUT2D eigenvalue weighted by atomic mass is 16.6. The van der Waals surface area contributed by atoms with Crippen molar-refractivity contribution in [3.05, 3.63) is 33.5 Å². The Bertz CT molecular complexity index is 332. The van der Waals surface area contributed by atoms with Gasteiger partial charge in [0.1, 0.15) is 0 Å². The number of nitrogens with zero attached hydrogens (tertiary/aromatic N) is 1. The number of allylic oxidation sites excluding steroid dienone is 1. The fraction of sp³-hybridized carbons (Fsp3) is 0.375. The number of ketones is 1. The maximum absolute atomic E-state index is 11.3. The maximum atomic E-state index is 11.3. The van der Waals surface area contributed by atoms with Gasteiger partial charge in [-0.3, -0.25) is 14.9 Å². The van der Waals surface area contributed by atoms with Gasteiger partial charge in [0.15, 0.2) is 0 Å². The third-order valence-electron chi connectivity index (χ3n) is 1.91. The Labute approximate surface area is 79.9 Å². The number of aliphatic hydroxyl groups excluding tert-OH is 1. The van der Waals surface area contributed by atoms with Gasteiger partial charge in [-0.05, 0) is 0 Å². The lowest BCUT2D eigenvalue weighted by molar-refractivity contribution is -0.420. The molecule has 0 saturated heterocycles. The lowest BCUT2D eigenvalue weighted by atomic mass is 9.97. The molecule has 0 aromatic heterocycles. The van der Waals surface area contributed by atoms with Crippen LogP contribution in [0.3, 0.4) is 0 Å². The van der Waals surface area contributed by atoms with Crippen LogP contribution in [0.5, 0.6) is 0 Å². The molecule has 1 atom stereocenters. The topological polar surface area (TPSA) is 106 Å². The average Bonchev–Trinajstić information content (AvgIpc) is 2.11. The van der Waals surface area contributed by atoms with Crippen LogP contribution in [0.25, 0.3) is 0 Å². The molecule has 76 valence electrons. The van der Waals surface area contributed by atoms with E-state index in [4.69, 9.17) is 10.8 Å². The Morgan fingerprint density at radius 3 is 2.79 bits per heavy atom. The van der Waals surface area contributed by atoms with E-state index in [0.29, 0.717) is 0 Å². The van der Waals surface area contributed by atoms with Crippen molar-refractivity contribution in [1.29, 1.82) is 0 Å². The molecule has 0 radical (unpaired) electrons. The molecule has 6 heteroatoms. The summed E-state index contributed by atoms with van der Waals surface area (Å²) in [5.74, 6) is -0.707. The van der Waals surface area contributed by atoms with Crippen LogP contribution in [0, 0.1) is 10.1 Å². The van der Waals surface area contributed by atoms with E-state index < -0.39 is 22.4 Å². The van der Waals surface area contributed by atoms with Crippen LogP contribution in [0.2, 0.25) is 0 Å². The quantitative estimate of drug-likeness (QED) is 0.463. The van der Waals surface area contributed by atoms with Gasteiger partial charge in [-0.15, -0.1) is 0 Å². The lowest BCUT2D eigenvalue weighted by Gasteiger charge is -2.11. The van der Waals surface area contributed by atoms with E-state index in [9.17, 15) is 14.9 Å². The van der Waals surface area contributed by atoms with Crippen molar-refractivity contribution in [1.82, 2.24) is 0 Å². The first-order valence-electron chi connectivity index (χ1n) is 4.04. The molecule has 1 rings (SSSR count). The van der Waals surface area contributed by atoms with Gasteiger partial charge in [0.2, 0.25) is 0 Å². The van der Waals surface area contributed by atoms with Crippen LogP contribution in [0.1, 0.15) is 6.42 Å². The SMILES string of the molecule is NC1C=CC(CCO)=C([N+](=O)[O-])C1=O. The molecule has 3 N–H and O–H groups in total. The zero-order chi connectivity index (χ0) is 10.7. The second-order valence-electron chi connectivity index (χ2n) is 2.85. The highest BCUT2D eigenvalue weighted by molar-refractivity contribution is 6.00. The van der Waals surface area contributed by atoms with Gasteiger partial charge in [-0.1, -0.05) is 12.2 Å². The van der Waals surface area contributed by atoms with Crippen LogP contribution < -0.4 is 5.73 Å². The predicted octanol–water partition coefficient (Wildman–Crippen LogP) is -0.634. The van der Waals surface area contributed by atoms with Gasteiger partial charge >= 0.3 is 5.70 Å². The summed E-state index contributed by atoms with van der Waals surface area (Å²) in [5.41, 5.74) is 5.05. The van der Waals surface area contributed by atoms with E-state index in [0.717, 1.165) is 0 Å². The van der Waals surface area contributed by atoms with E-state index in [1.165, 1.54) is 12.2 Å². The van der Waals surface area contributed by atoms with E-state index in [-0.39, 0.29) is 18.6 Å². The highest BCUT2D eigenvalue weighted by Crippen LogP contribution is 2.18. The third-order valence-corrected chi connectivity index (χ3v) is 1.91. The normalized spacial score (nSPS) is 21.6. The van der Waals surface area contributed by atoms with E-state index >= 15 is 0 Å². The lowest BCUT2D eigenvalue weighted by Crippen LogP contribution is -2.34. The van der Waals surface area contributed by atoms with Crippen LogP contribution in [-0.2, 0) is 4.79 Å². The molecule has 14 heavy (non-hydrogen) atoms. The Hall–Kier alpha value is -1.53. The monoisotopic (exact) mass is 198 g/mol. The van der Waals surface area contributed by atoms with Crippen LogP contribution >= 0.6 is 0 Å². The van der Waals surface area contributed by atoms with Gasteiger partial charge in [-0.25, -0.2) is 0 Å². The van der Waals surface area contributed by atoms with Gasteiger partial charge < -0.3 is 10.8 Å². The number of Topliss-reactive ketones (excluding diaryl/α,β-unsaturated/α-hetero) is 1. The molecule has 0 spiro atoms. The summed E-state index contributed by atoms with van der Waals surface area (Å²) < 4.78 is 0. The number of hydrogen-bond acceptors (Lipinski definition) is 5. The summed E-state index contributed by atoms with van der Waals surface area (Å²) in [7, 11) is 0. The fourth-order valence-corrected chi connectivity index (χ4v) is 1.23. The largest absolute Gasteiger partial charge is 0.396 e. The first kappa shape index (κ1) is 10.6. The first-order valence-corrected chi connectivity index (χ1v) is 4.04. The number of hydrogen-bond donors (Lipinski definition) is 2. The summed E-state index contributed by atoms with van der Waals surface area (Å²) in [6, 6.07) is -0.946. The smallest absolute Gasteiger partial charge is 0.317 e. The summed E-state index contributed by atoms with van der Waals surface area (Å²) in [4.78, 5) is 21.1. The summed E-state index contributed by atoms with van der Waals surface area (Å²) in [5, 5.41) is 19.2. The predicted molar refractivity (Wildman–Crippen MR) is 47.8 cm³/mol. The van der Waals surface area contributed by atoms with Crippen LogP contribution in [0.4, 0.5) is 0 Å². The third kappa shape index (κ3) is 1.86. The van der Waals surface area contributed by atoms with Crippen LogP contribution in [-0.4, -0.2) is 28.5 Å². The number of nitro groups is 1. The first-order chi connectivity index (χ1) is 6.57. The fourth-order valence-electron chi connectivity index (χ4n) is 1.23. The molecule has 0 aromatic carbocycles. The standard InChI is InChI=1S/C8H10N2O4/c9-6-2-1-5(3-4-11)7(8(6)12)10(13)14/h1-2,6,11H,3-4,9H2. The minimum Gasteiger partial charge on any atom is -0.396 e. The van der Waals surface area contributed by atoms with Crippen LogP contribution in [0.15, 0.2) is 23.4 Å². The van der Waals surface area contributed by atoms with Gasteiger partial charge in [0.05, 0.1) is 11.0 Å². The molecule has 0 amide bonds. The van der Waals surface area contributed by atoms with Gasteiger partial charge in [0, 0.05) is 18.6 Å². The van der Waals surface area contributed by atoms with Crippen molar-refractivity contribution in [2.45, 2.75) is 12.5 Å². The molecule has 0 heterocycles. The number of carbonyl (C=O) groups is 1.